The lowest BCUT2D eigenvalue weighted by Gasteiger charge is -2.09. The van der Waals surface area contributed by atoms with Crippen LogP contribution in [0.15, 0.2) is 16.9 Å². The molecule has 0 unspecified atom stereocenters. The molecule has 66 valence electrons. The molecule has 0 aliphatic carbocycles. The van der Waals surface area contributed by atoms with Crippen LogP contribution in [0.2, 0.25) is 0 Å². The van der Waals surface area contributed by atoms with Crippen LogP contribution in [0.3, 0.4) is 0 Å². The molecule has 0 amide bonds. The first-order valence-electron chi connectivity index (χ1n) is 4.02. The Balaban J connectivity index is 2.96. The molecule has 0 bridgehead atoms. The molecule has 0 aromatic carbocycles. The van der Waals surface area contributed by atoms with E-state index in [1.54, 1.807) is 0 Å². The minimum absolute atomic E-state index is 0.115. The number of aromatic nitrogens is 1. The van der Waals surface area contributed by atoms with E-state index < -0.39 is 0 Å². The summed E-state index contributed by atoms with van der Waals surface area (Å²) in [4.78, 5) is 4.18. The highest BCUT2D eigenvalue weighted by Gasteiger charge is 2.04. The zero-order valence-electron chi connectivity index (χ0n) is 7.34. The maximum atomic E-state index is 5.86. The van der Waals surface area contributed by atoms with Crippen LogP contribution in [0.5, 0.6) is 0 Å². The summed E-state index contributed by atoms with van der Waals surface area (Å²) in [6.45, 7) is 4.09. The Morgan fingerprint density at radius 1 is 1.67 bits per heavy atom. The third kappa shape index (κ3) is 2.05. The zero-order valence-corrected chi connectivity index (χ0v) is 8.93. The van der Waals surface area contributed by atoms with Gasteiger partial charge < -0.3 is 5.73 Å². The number of nitrogens with zero attached hydrogens (tertiary/aromatic N) is 1. The van der Waals surface area contributed by atoms with Crippen molar-refractivity contribution in [1.82, 2.24) is 4.98 Å². The fraction of sp³-hybridized carbons (Fsp3) is 0.444. The van der Waals surface area contributed by atoms with E-state index in [-0.39, 0.29) is 6.04 Å². The molecule has 2 nitrogen and oxygen atoms in total. The van der Waals surface area contributed by atoms with Crippen LogP contribution < -0.4 is 5.73 Å². The minimum atomic E-state index is 0.115. The van der Waals surface area contributed by atoms with Crippen molar-refractivity contribution in [3.8, 4) is 0 Å². The molecule has 1 rings (SSSR count). The molecule has 0 spiro atoms. The molecule has 0 saturated carbocycles. The maximum Gasteiger partial charge on any atom is 0.108 e. The van der Waals surface area contributed by atoms with Gasteiger partial charge in [0.15, 0.2) is 0 Å². The molecular formula is C9H13BrN2. The second-order valence-corrected chi connectivity index (χ2v) is 3.64. The number of hydrogen-bond acceptors (Lipinski definition) is 2. The lowest BCUT2D eigenvalue weighted by atomic mass is 10.1. The van der Waals surface area contributed by atoms with E-state index in [1.165, 1.54) is 0 Å². The monoisotopic (exact) mass is 228 g/mol. The Morgan fingerprint density at radius 3 is 2.83 bits per heavy atom. The number of halogens is 1. The highest BCUT2D eigenvalue weighted by molar-refractivity contribution is 9.10. The third-order valence-electron chi connectivity index (χ3n) is 1.90. The smallest absolute Gasteiger partial charge is 0.108 e. The molecule has 3 heteroatoms. The van der Waals surface area contributed by atoms with Gasteiger partial charge in [-0.3, -0.25) is 0 Å². The van der Waals surface area contributed by atoms with Gasteiger partial charge in [-0.2, -0.15) is 0 Å². The third-order valence-corrected chi connectivity index (χ3v) is 2.73. The predicted molar refractivity (Wildman–Crippen MR) is 53.9 cm³/mol. The number of rotatable bonds is 2. The number of aryl methyl sites for hydroxylation is 1. The van der Waals surface area contributed by atoms with Gasteiger partial charge in [-0.05, 0) is 40.4 Å². The van der Waals surface area contributed by atoms with Crippen LogP contribution >= 0.6 is 15.9 Å². The van der Waals surface area contributed by atoms with Crippen molar-refractivity contribution in [2.24, 2.45) is 5.73 Å². The van der Waals surface area contributed by atoms with Crippen molar-refractivity contribution in [2.45, 2.75) is 26.3 Å². The van der Waals surface area contributed by atoms with Crippen LogP contribution in [-0.4, -0.2) is 4.98 Å². The van der Waals surface area contributed by atoms with E-state index in [9.17, 15) is 0 Å². The average molecular weight is 229 g/mol. The van der Waals surface area contributed by atoms with E-state index in [0.29, 0.717) is 0 Å². The highest BCUT2D eigenvalue weighted by atomic mass is 79.9. The van der Waals surface area contributed by atoms with Crippen molar-refractivity contribution >= 4 is 15.9 Å². The largest absolute Gasteiger partial charge is 0.324 e. The Morgan fingerprint density at radius 2 is 2.33 bits per heavy atom. The Hall–Kier alpha value is -0.410. The van der Waals surface area contributed by atoms with E-state index in [0.717, 1.165) is 22.2 Å². The van der Waals surface area contributed by atoms with Crippen molar-refractivity contribution in [2.75, 3.05) is 0 Å². The van der Waals surface area contributed by atoms with Crippen LogP contribution in [0.25, 0.3) is 0 Å². The topological polar surface area (TPSA) is 38.9 Å². The molecule has 1 atom stereocenters. The molecule has 0 fully saturated rings. The highest BCUT2D eigenvalue weighted by Crippen LogP contribution is 2.18. The molecule has 0 saturated heterocycles. The summed E-state index contributed by atoms with van der Waals surface area (Å²) >= 11 is 3.35. The van der Waals surface area contributed by atoms with Gasteiger partial charge in [0.2, 0.25) is 0 Å². The van der Waals surface area contributed by atoms with E-state index >= 15 is 0 Å². The summed E-state index contributed by atoms with van der Waals surface area (Å²) in [5.74, 6) is 0. The molecule has 12 heavy (non-hydrogen) atoms. The fourth-order valence-corrected chi connectivity index (χ4v) is 1.24. The quantitative estimate of drug-likeness (QED) is 0.791. The molecule has 1 aromatic rings. The molecule has 0 radical (unpaired) electrons. The molecule has 2 N–H and O–H groups in total. The van der Waals surface area contributed by atoms with Gasteiger partial charge in [0.1, 0.15) is 4.60 Å². The van der Waals surface area contributed by atoms with Crippen LogP contribution in [-0.2, 0) is 0 Å². The average Bonchev–Trinajstić information content (AvgIpc) is 2.08. The van der Waals surface area contributed by atoms with Crippen molar-refractivity contribution < 1.29 is 0 Å². The lowest BCUT2D eigenvalue weighted by molar-refractivity contribution is 0.694. The van der Waals surface area contributed by atoms with Crippen molar-refractivity contribution in [1.29, 1.82) is 0 Å². The first kappa shape index (κ1) is 9.68. The second kappa shape index (κ2) is 4.01. The number of hydrogen-bond donors (Lipinski definition) is 1. The van der Waals surface area contributed by atoms with Gasteiger partial charge >= 0.3 is 0 Å². The summed E-state index contributed by atoms with van der Waals surface area (Å²) in [5.41, 5.74) is 8.10. The van der Waals surface area contributed by atoms with Gasteiger partial charge in [0.25, 0.3) is 0 Å². The standard InChI is InChI=1S/C9H13BrN2/c1-3-8(11)7-4-6(2)9(10)12-5-7/h4-5,8H,3,11H2,1-2H3/t8-/m1/s1. The van der Waals surface area contributed by atoms with Gasteiger partial charge in [0, 0.05) is 12.2 Å². The summed E-state index contributed by atoms with van der Waals surface area (Å²) < 4.78 is 0.898. The number of pyridine rings is 1. The van der Waals surface area contributed by atoms with E-state index in [1.807, 2.05) is 13.1 Å². The predicted octanol–water partition coefficient (Wildman–Crippen LogP) is 2.56. The Labute approximate surface area is 81.3 Å². The number of nitrogens with two attached hydrogens (primary N) is 1. The fourth-order valence-electron chi connectivity index (χ4n) is 1.02. The first-order chi connectivity index (χ1) is 5.65. The Bertz CT molecular complexity index is 273. The van der Waals surface area contributed by atoms with Crippen LogP contribution in [0, 0.1) is 6.92 Å². The molecule has 0 aliphatic rings. The van der Waals surface area contributed by atoms with E-state index in [4.69, 9.17) is 5.73 Å². The zero-order chi connectivity index (χ0) is 9.14. The van der Waals surface area contributed by atoms with Crippen molar-refractivity contribution in [3.05, 3.63) is 28.0 Å². The van der Waals surface area contributed by atoms with Gasteiger partial charge in [-0.15, -0.1) is 0 Å². The summed E-state index contributed by atoms with van der Waals surface area (Å²) in [5, 5.41) is 0. The van der Waals surface area contributed by atoms with E-state index in [2.05, 4.69) is 33.9 Å². The minimum Gasteiger partial charge on any atom is -0.324 e. The lowest BCUT2D eigenvalue weighted by Crippen LogP contribution is -2.09. The molecular weight excluding hydrogens is 216 g/mol. The van der Waals surface area contributed by atoms with Gasteiger partial charge in [-0.25, -0.2) is 4.98 Å². The van der Waals surface area contributed by atoms with Crippen molar-refractivity contribution in [3.63, 3.8) is 0 Å². The van der Waals surface area contributed by atoms with Gasteiger partial charge in [-0.1, -0.05) is 13.0 Å². The molecule has 0 aliphatic heterocycles. The van der Waals surface area contributed by atoms with Gasteiger partial charge in [0.05, 0.1) is 0 Å². The molecule has 1 heterocycles. The normalized spacial score (nSPS) is 13.0. The Kier molecular flexibility index (Phi) is 3.23. The SMILES string of the molecule is CC[C@@H](N)c1cnc(Br)c(C)c1. The molecule has 1 aromatic heterocycles. The first-order valence-corrected chi connectivity index (χ1v) is 4.82. The summed E-state index contributed by atoms with van der Waals surface area (Å²) in [6.07, 6.45) is 2.77. The maximum absolute atomic E-state index is 5.86. The van der Waals surface area contributed by atoms with Crippen LogP contribution in [0.1, 0.15) is 30.5 Å². The summed E-state index contributed by atoms with van der Waals surface area (Å²) in [6, 6.07) is 2.19. The second-order valence-electron chi connectivity index (χ2n) is 2.89. The summed E-state index contributed by atoms with van der Waals surface area (Å²) in [7, 11) is 0. The van der Waals surface area contributed by atoms with Crippen LogP contribution in [0.4, 0.5) is 0 Å².